The number of ether oxygens (including phenoxy) is 1. The Bertz CT molecular complexity index is 1120. The molecule has 11 heteroatoms. The minimum Gasteiger partial charge on any atom is -0.479 e. The van der Waals surface area contributed by atoms with Crippen molar-refractivity contribution in [1.29, 1.82) is 5.53 Å². The number of rotatable bonds is 9. The van der Waals surface area contributed by atoms with Gasteiger partial charge in [-0.15, -0.1) is 5.10 Å². The van der Waals surface area contributed by atoms with Crippen molar-refractivity contribution in [3.8, 4) is 17.0 Å². The number of nitrogens with zero attached hydrogens (tertiary/aromatic N) is 4. The van der Waals surface area contributed by atoms with E-state index in [-0.39, 0.29) is 25.2 Å². The first-order chi connectivity index (χ1) is 16.0. The van der Waals surface area contributed by atoms with Gasteiger partial charge in [0.05, 0.1) is 19.3 Å². The molecule has 3 aromatic rings. The molecular weight excluding hydrogens is 531 g/mol. The fraction of sp³-hybridized carbons (Fsp3) is 0.435. The first kappa shape index (κ1) is 25.9. The number of methoxy groups -OCH3 is 1. The van der Waals surface area contributed by atoms with Crippen molar-refractivity contribution in [2.75, 3.05) is 24.3 Å². The molecule has 1 fully saturated rings. The van der Waals surface area contributed by atoms with Crippen molar-refractivity contribution in [2.45, 2.75) is 51.5 Å². The van der Waals surface area contributed by atoms with Crippen molar-refractivity contribution in [3.05, 3.63) is 36.4 Å². The summed E-state index contributed by atoms with van der Waals surface area (Å²) >= 11 is 0. The van der Waals surface area contributed by atoms with Gasteiger partial charge in [-0.05, 0) is 23.8 Å². The van der Waals surface area contributed by atoms with E-state index in [1.807, 2.05) is 12.3 Å². The third-order valence-corrected chi connectivity index (χ3v) is 6.07. The Hall–Kier alpha value is -2.68. The number of alkyl halides is 2. The van der Waals surface area contributed by atoms with Gasteiger partial charge >= 0.3 is 0 Å². The number of anilines is 2. The average Bonchev–Trinajstić information content (AvgIpc) is 3.26. The van der Waals surface area contributed by atoms with Crippen molar-refractivity contribution >= 4 is 22.8 Å². The predicted molar refractivity (Wildman–Crippen MR) is 124 cm³/mol. The minimum atomic E-state index is -2.52. The number of benzene rings is 1. The van der Waals surface area contributed by atoms with Crippen LogP contribution in [-0.2, 0) is 19.5 Å². The molecule has 0 spiro atoms. The van der Waals surface area contributed by atoms with Gasteiger partial charge in [-0.25, -0.2) is 18.8 Å². The van der Waals surface area contributed by atoms with Gasteiger partial charge < -0.3 is 21.3 Å². The molecule has 1 saturated carbocycles. The van der Waals surface area contributed by atoms with Crippen LogP contribution >= 0.6 is 0 Å². The summed E-state index contributed by atoms with van der Waals surface area (Å²) in [5, 5.41) is 14.1. The zero-order valence-electron chi connectivity index (χ0n) is 19.1. The molecule has 1 aromatic carbocycles. The molecule has 3 N–H and O–H groups in total. The van der Waals surface area contributed by atoms with E-state index in [1.165, 1.54) is 0 Å². The van der Waals surface area contributed by atoms with E-state index < -0.39 is 13.0 Å². The second-order valence-electron chi connectivity index (χ2n) is 8.11. The van der Waals surface area contributed by atoms with Crippen molar-refractivity contribution in [1.82, 2.24) is 14.6 Å². The van der Waals surface area contributed by atoms with Gasteiger partial charge in [0.25, 0.3) is 6.43 Å². The third-order valence-electron chi connectivity index (χ3n) is 6.07. The van der Waals surface area contributed by atoms with E-state index in [4.69, 9.17) is 10.3 Å². The van der Waals surface area contributed by atoms with Crippen LogP contribution in [0.1, 0.15) is 39.0 Å². The summed E-state index contributed by atoms with van der Waals surface area (Å²) in [4.78, 5) is 4.59. The SMILES string of the molecule is CC[C-]1CCC(Nc2nc(OC)c3c(-c4ccc(N=N)c(NCC(F)F)c4)ccn3n2)CC1.[Rh]. The molecule has 0 unspecified atom stereocenters. The van der Waals surface area contributed by atoms with E-state index in [0.29, 0.717) is 29.1 Å². The van der Waals surface area contributed by atoms with Crippen LogP contribution in [0, 0.1) is 11.4 Å². The van der Waals surface area contributed by atoms with Crippen molar-refractivity contribution in [3.63, 3.8) is 0 Å². The molecule has 0 aliphatic heterocycles. The van der Waals surface area contributed by atoms with Crippen LogP contribution in [0.3, 0.4) is 0 Å². The van der Waals surface area contributed by atoms with Gasteiger partial charge in [0, 0.05) is 37.3 Å². The molecule has 2 aromatic heterocycles. The molecule has 34 heavy (non-hydrogen) atoms. The number of halogens is 2. The maximum absolute atomic E-state index is 12.7. The molecule has 8 nitrogen and oxygen atoms in total. The normalized spacial score (nSPS) is 14.7. The smallest absolute Gasteiger partial charge is 0.255 e. The van der Waals surface area contributed by atoms with Crippen LogP contribution < -0.4 is 15.4 Å². The van der Waals surface area contributed by atoms with Gasteiger partial charge in [0.1, 0.15) is 11.2 Å². The second kappa shape index (κ2) is 11.6. The van der Waals surface area contributed by atoms with Crippen LogP contribution in [0.25, 0.3) is 16.6 Å². The molecule has 1 radical (unpaired) electrons. The van der Waals surface area contributed by atoms with Crippen LogP contribution in [0.5, 0.6) is 5.88 Å². The van der Waals surface area contributed by atoms with Crippen molar-refractivity contribution in [2.24, 2.45) is 5.11 Å². The van der Waals surface area contributed by atoms with Crippen LogP contribution in [-0.4, -0.2) is 40.7 Å². The van der Waals surface area contributed by atoms with Gasteiger partial charge in [-0.1, -0.05) is 25.8 Å². The molecule has 185 valence electrons. The molecule has 0 amide bonds. The van der Waals surface area contributed by atoms with E-state index >= 15 is 0 Å². The van der Waals surface area contributed by atoms with Crippen LogP contribution in [0.4, 0.5) is 26.1 Å². The first-order valence-corrected chi connectivity index (χ1v) is 11.1. The quantitative estimate of drug-likeness (QED) is 0.168. The minimum absolute atomic E-state index is 0. The summed E-state index contributed by atoms with van der Waals surface area (Å²) in [6, 6.07) is 7.30. The number of hydrogen-bond acceptors (Lipinski definition) is 7. The van der Waals surface area contributed by atoms with Gasteiger partial charge in [-0.2, -0.15) is 29.4 Å². The summed E-state index contributed by atoms with van der Waals surface area (Å²) < 4.78 is 32.7. The molecule has 0 bridgehead atoms. The Labute approximate surface area is 210 Å². The Morgan fingerprint density at radius 3 is 2.71 bits per heavy atom. The number of fused-ring (bicyclic) bond motifs is 1. The number of aromatic nitrogens is 3. The molecule has 1 aliphatic carbocycles. The number of nitrogens with one attached hydrogen (secondary N) is 3. The molecule has 4 rings (SSSR count). The Balaban J connectivity index is 0.00000324. The molecular formula is C23H28F2N7ORh-. The Kier molecular flexibility index (Phi) is 8.88. The van der Waals surface area contributed by atoms with Gasteiger partial charge in [0.15, 0.2) is 0 Å². The van der Waals surface area contributed by atoms with Gasteiger partial charge in [-0.3, -0.25) is 0 Å². The van der Waals surface area contributed by atoms with Crippen molar-refractivity contribution < 1.29 is 33.0 Å². The van der Waals surface area contributed by atoms with Crippen LogP contribution in [0.15, 0.2) is 35.6 Å². The fourth-order valence-corrected chi connectivity index (χ4v) is 4.26. The first-order valence-electron chi connectivity index (χ1n) is 11.1. The largest absolute Gasteiger partial charge is 0.479 e. The summed E-state index contributed by atoms with van der Waals surface area (Å²) in [6.07, 6.45) is 4.83. The zero-order chi connectivity index (χ0) is 23.4. The van der Waals surface area contributed by atoms with Crippen LogP contribution in [0.2, 0.25) is 0 Å². The standard InChI is InChI=1S/C23H28F2N7O.Rh/c1-3-14-4-7-16(8-5-14)28-23-29-22(33-2)21-17(10-11-32(21)31-23)15-6-9-18(30-26)19(12-15)27-13-20(24)25;/h6,9-12,16,20,26-27H,3-5,7-8,13H2,1-2H3,(H,28,31);/q-1;. The molecule has 0 atom stereocenters. The zero-order valence-corrected chi connectivity index (χ0v) is 20.7. The molecule has 1 aliphatic rings. The average molecular weight is 559 g/mol. The monoisotopic (exact) mass is 559 g/mol. The number of hydrogen-bond donors (Lipinski definition) is 3. The summed E-state index contributed by atoms with van der Waals surface area (Å²) in [7, 11) is 1.56. The van der Waals surface area contributed by atoms with E-state index in [2.05, 4.69) is 32.8 Å². The van der Waals surface area contributed by atoms with Gasteiger partial charge in [0.2, 0.25) is 11.8 Å². The summed E-state index contributed by atoms with van der Waals surface area (Å²) in [5.74, 6) is 2.54. The summed E-state index contributed by atoms with van der Waals surface area (Å²) in [6.45, 7) is 1.68. The van der Waals surface area contributed by atoms with E-state index in [9.17, 15) is 8.78 Å². The topological polar surface area (TPSA) is 99.7 Å². The fourth-order valence-electron chi connectivity index (χ4n) is 4.26. The maximum atomic E-state index is 12.7. The molecule has 0 saturated heterocycles. The molecule has 2 heterocycles. The van der Waals surface area contributed by atoms with E-state index in [0.717, 1.165) is 43.2 Å². The Morgan fingerprint density at radius 1 is 1.29 bits per heavy atom. The van der Waals surface area contributed by atoms with E-state index in [1.54, 1.807) is 35.7 Å². The summed E-state index contributed by atoms with van der Waals surface area (Å²) in [5.41, 5.74) is 10.2. The second-order valence-corrected chi connectivity index (χ2v) is 8.11. The third kappa shape index (κ3) is 5.69. The maximum Gasteiger partial charge on any atom is 0.255 e. The Morgan fingerprint density at radius 2 is 2.06 bits per heavy atom. The predicted octanol–water partition coefficient (Wildman–Crippen LogP) is 6.08.